The molecular formula is C21H23N5O3. The van der Waals surface area contributed by atoms with Gasteiger partial charge in [0.1, 0.15) is 6.04 Å². The summed E-state index contributed by atoms with van der Waals surface area (Å²) in [5, 5.41) is 16.4. The molecule has 2 amide bonds. The van der Waals surface area contributed by atoms with Crippen molar-refractivity contribution >= 4 is 11.8 Å². The van der Waals surface area contributed by atoms with E-state index in [1.165, 1.54) is 0 Å². The predicted molar refractivity (Wildman–Crippen MR) is 104 cm³/mol. The Morgan fingerprint density at radius 2 is 2.10 bits per heavy atom. The first-order chi connectivity index (χ1) is 14.2. The van der Waals surface area contributed by atoms with Crippen molar-refractivity contribution in [3.8, 4) is 6.07 Å². The number of hydrogen-bond acceptors (Lipinski definition) is 5. The molecule has 2 aromatic rings. The number of aromatic nitrogens is 2. The first kappa shape index (κ1) is 19.2. The van der Waals surface area contributed by atoms with Crippen LogP contribution in [-0.4, -0.2) is 52.8 Å². The molecule has 8 nitrogen and oxygen atoms in total. The molecule has 150 valence electrons. The van der Waals surface area contributed by atoms with Crippen LogP contribution in [0, 0.1) is 17.2 Å². The summed E-state index contributed by atoms with van der Waals surface area (Å²) in [4.78, 5) is 27.6. The standard InChI is InChI=1S/C21H23N5O3/c22-11-16-2-1-3-17(10-16)21(28)25-13-18-4-7-24-26(18)19(14-25)20(27)23-12-15-5-8-29-9-6-15/h1-4,7,10,15,19H,5-6,8-9,12-14H2,(H,23,27)/t19-/m0/s1. The maximum absolute atomic E-state index is 13.0. The molecule has 0 aliphatic carbocycles. The number of hydrogen-bond donors (Lipinski definition) is 1. The molecule has 1 atom stereocenters. The summed E-state index contributed by atoms with van der Waals surface area (Å²) in [7, 11) is 0. The highest BCUT2D eigenvalue weighted by Gasteiger charge is 2.33. The Labute approximate surface area is 169 Å². The maximum atomic E-state index is 13.0. The zero-order valence-corrected chi connectivity index (χ0v) is 16.1. The number of ether oxygens (including phenoxy) is 1. The second-order valence-electron chi connectivity index (χ2n) is 7.46. The van der Waals surface area contributed by atoms with Gasteiger partial charge in [-0.05, 0) is 43.0 Å². The smallest absolute Gasteiger partial charge is 0.254 e. The maximum Gasteiger partial charge on any atom is 0.254 e. The third-order valence-electron chi connectivity index (χ3n) is 5.53. The van der Waals surface area contributed by atoms with Gasteiger partial charge >= 0.3 is 0 Å². The normalized spacial score (nSPS) is 19.3. The molecule has 3 heterocycles. The SMILES string of the molecule is N#Cc1cccc(C(=O)N2Cc3ccnn3[C@H](C(=O)NCC3CCOCC3)C2)c1. The van der Waals surface area contributed by atoms with Gasteiger partial charge in [0.05, 0.1) is 30.4 Å². The van der Waals surface area contributed by atoms with E-state index in [1.54, 1.807) is 40.0 Å². The Kier molecular flexibility index (Phi) is 5.58. The Morgan fingerprint density at radius 1 is 1.28 bits per heavy atom. The Hall–Kier alpha value is -3.18. The van der Waals surface area contributed by atoms with Crippen LogP contribution < -0.4 is 5.32 Å². The molecule has 1 aromatic heterocycles. The van der Waals surface area contributed by atoms with E-state index in [2.05, 4.69) is 16.5 Å². The van der Waals surface area contributed by atoms with Crippen molar-refractivity contribution in [3.63, 3.8) is 0 Å². The third kappa shape index (κ3) is 4.15. The van der Waals surface area contributed by atoms with E-state index in [9.17, 15) is 9.59 Å². The number of benzene rings is 1. The summed E-state index contributed by atoms with van der Waals surface area (Å²) in [6, 6.07) is 9.93. The van der Waals surface area contributed by atoms with Gasteiger partial charge in [0.2, 0.25) is 5.91 Å². The van der Waals surface area contributed by atoms with Gasteiger partial charge in [-0.2, -0.15) is 10.4 Å². The number of carbonyl (C=O) groups excluding carboxylic acids is 2. The summed E-state index contributed by atoms with van der Waals surface area (Å²) in [5.41, 5.74) is 1.69. The molecule has 29 heavy (non-hydrogen) atoms. The third-order valence-corrected chi connectivity index (χ3v) is 5.53. The number of fused-ring (bicyclic) bond motifs is 1. The van der Waals surface area contributed by atoms with Gasteiger partial charge < -0.3 is 15.0 Å². The fourth-order valence-electron chi connectivity index (χ4n) is 3.86. The van der Waals surface area contributed by atoms with Crippen molar-refractivity contribution in [1.82, 2.24) is 20.0 Å². The van der Waals surface area contributed by atoms with Crippen molar-refractivity contribution < 1.29 is 14.3 Å². The van der Waals surface area contributed by atoms with Crippen LogP contribution in [0.3, 0.4) is 0 Å². The van der Waals surface area contributed by atoms with Gasteiger partial charge in [-0.1, -0.05) is 6.07 Å². The molecule has 0 radical (unpaired) electrons. The van der Waals surface area contributed by atoms with E-state index < -0.39 is 6.04 Å². The van der Waals surface area contributed by atoms with Crippen LogP contribution in [0.2, 0.25) is 0 Å². The highest BCUT2D eigenvalue weighted by atomic mass is 16.5. The topological polar surface area (TPSA) is 100 Å². The molecule has 0 spiro atoms. The first-order valence-corrected chi connectivity index (χ1v) is 9.83. The van der Waals surface area contributed by atoms with E-state index in [4.69, 9.17) is 10.00 Å². The lowest BCUT2D eigenvalue weighted by atomic mass is 10.0. The van der Waals surface area contributed by atoms with Crippen molar-refractivity contribution in [1.29, 1.82) is 5.26 Å². The van der Waals surface area contributed by atoms with E-state index in [0.29, 0.717) is 30.1 Å². The second kappa shape index (κ2) is 8.45. The lowest BCUT2D eigenvalue weighted by Crippen LogP contribution is -2.47. The van der Waals surface area contributed by atoms with Crippen LogP contribution in [-0.2, 0) is 16.1 Å². The number of amides is 2. The number of nitrogens with one attached hydrogen (secondary N) is 1. The van der Waals surface area contributed by atoms with Crippen LogP contribution in [0.25, 0.3) is 0 Å². The molecule has 2 aliphatic heterocycles. The summed E-state index contributed by atoms with van der Waals surface area (Å²) in [5.74, 6) is 0.0846. The highest BCUT2D eigenvalue weighted by molar-refractivity contribution is 5.95. The van der Waals surface area contributed by atoms with E-state index in [0.717, 1.165) is 31.7 Å². The minimum atomic E-state index is -0.573. The van der Waals surface area contributed by atoms with E-state index >= 15 is 0 Å². The molecule has 4 rings (SSSR count). The molecule has 8 heteroatoms. The summed E-state index contributed by atoms with van der Waals surface area (Å²) in [6.07, 6.45) is 3.54. The lowest BCUT2D eigenvalue weighted by molar-refractivity contribution is -0.126. The molecule has 1 saturated heterocycles. The summed E-state index contributed by atoms with van der Waals surface area (Å²) >= 11 is 0. The monoisotopic (exact) mass is 393 g/mol. The largest absolute Gasteiger partial charge is 0.381 e. The molecule has 1 fully saturated rings. The highest BCUT2D eigenvalue weighted by Crippen LogP contribution is 2.23. The zero-order valence-electron chi connectivity index (χ0n) is 16.1. The lowest BCUT2D eigenvalue weighted by Gasteiger charge is -2.33. The average Bonchev–Trinajstić information content (AvgIpc) is 3.25. The number of carbonyl (C=O) groups is 2. The molecule has 0 saturated carbocycles. The molecule has 2 aliphatic rings. The van der Waals surface area contributed by atoms with Crippen LogP contribution >= 0.6 is 0 Å². The number of nitrogens with zero attached hydrogens (tertiary/aromatic N) is 4. The van der Waals surface area contributed by atoms with Gasteiger partial charge in [0.25, 0.3) is 5.91 Å². The van der Waals surface area contributed by atoms with Crippen LogP contribution in [0.5, 0.6) is 0 Å². The fraction of sp³-hybridized carbons (Fsp3) is 0.429. The molecule has 1 N–H and O–H groups in total. The Bertz CT molecular complexity index is 942. The Balaban J connectivity index is 1.48. The zero-order chi connectivity index (χ0) is 20.2. The molecule has 0 bridgehead atoms. The van der Waals surface area contributed by atoms with Crippen molar-refractivity contribution in [2.45, 2.75) is 25.4 Å². The average molecular weight is 393 g/mol. The predicted octanol–water partition coefficient (Wildman–Crippen LogP) is 1.49. The number of rotatable bonds is 4. The van der Waals surface area contributed by atoms with Crippen molar-refractivity contribution in [3.05, 3.63) is 53.3 Å². The van der Waals surface area contributed by atoms with Crippen molar-refractivity contribution in [2.24, 2.45) is 5.92 Å². The van der Waals surface area contributed by atoms with Crippen molar-refractivity contribution in [2.75, 3.05) is 26.3 Å². The summed E-state index contributed by atoms with van der Waals surface area (Å²) < 4.78 is 7.07. The minimum absolute atomic E-state index is 0.135. The van der Waals surface area contributed by atoms with E-state index in [1.807, 2.05) is 6.07 Å². The summed E-state index contributed by atoms with van der Waals surface area (Å²) in [6.45, 7) is 2.69. The van der Waals surface area contributed by atoms with Gasteiger partial charge in [-0.25, -0.2) is 0 Å². The van der Waals surface area contributed by atoms with Crippen LogP contribution in [0.4, 0.5) is 0 Å². The molecular weight excluding hydrogens is 370 g/mol. The molecule has 1 aromatic carbocycles. The van der Waals surface area contributed by atoms with Gasteiger partial charge in [0.15, 0.2) is 0 Å². The van der Waals surface area contributed by atoms with Crippen LogP contribution in [0.15, 0.2) is 36.5 Å². The number of nitriles is 1. The fourth-order valence-corrected chi connectivity index (χ4v) is 3.86. The van der Waals surface area contributed by atoms with Crippen LogP contribution in [0.1, 0.15) is 40.5 Å². The molecule has 0 unspecified atom stereocenters. The minimum Gasteiger partial charge on any atom is -0.381 e. The van der Waals surface area contributed by atoms with E-state index in [-0.39, 0.29) is 18.4 Å². The van der Waals surface area contributed by atoms with Gasteiger partial charge in [-0.15, -0.1) is 0 Å². The first-order valence-electron chi connectivity index (χ1n) is 9.83. The van der Waals surface area contributed by atoms with Gasteiger partial charge in [0, 0.05) is 31.5 Å². The second-order valence-corrected chi connectivity index (χ2v) is 7.46. The quantitative estimate of drug-likeness (QED) is 0.848. The van der Waals surface area contributed by atoms with Gasteiger partial charge in [-0.3, -0.25) is 14.3 Å². The Morgan fingerprint density at radius 3 is 2.90 bits per heavy atom.